The van der Waals surface area contributed by atoms with Crippen molar-refractivity contribution in [3.63, 3.8) is 0 Å². The zero-order chi connectivity index (χ0) is 23.2. The Morgan fingerprint density at radius 2 is 1.56 bits per heavy atom. The minimum atomic E-state index is 0.326. The topological polar surface area (TPSA) is 25.6 Å². The molecule has 34 heavy (non-hydrogen) atoms. The smallest absolute Gasteiger partial charge is 0.134 e. The van der Waals surface area contributed by atoms with Gasteiger partial charge >= 0.3 is 0 Å². The Balaban J connectivity index is 1.57. The highest BCUT2D eigenvalue weighted by molar-refractivity contribution is 5.59. The summed E-state index contributed by atoms with van der Waals surface area (Å²) in [6.45, 7) is 4.21. The molecule has 0 bridgehead atoms. The summed E-state index contributed by atoms with van der Waals surface area (Å²) >= 11 is 0. The van der Waals surface area contributed by atoms with Gasteiger partial charge < -0.3 is 14.1 Å². The van der Waals surface area contributed by atoms with Gasteiger partial charge in [-0.2, -0.15) is 0 Å². The zero-order valence-electron chi connectivity index (χ0n) is 21.2. The molecule has 2 aliphatic heterocycles. The summed E-state index contributed by atoms with van der Waals surface area (Å²) in [4.78, 5) is 2.76. The average Bonchev–Trinajstić information content (AvgIpc) is 3.27. The third kappa shape index (κ3) is 5.56. The van der Waals surface area contributed by atoms with Crippen molar-refractivity contribution in [2.75, 3.05) is 6.54 Å². The van der Waals surface area contributed by atoms with Crippen molar-refractivity contribution in [2.24, 2.45) is 5.92 Å². The molecule has 1 saturated heterocycles. The third-order valence-electron chi connectivity index (χ3n) is 8.17. The van der Waals surface area contributed by atoms with E-state index < -0.39 is 0 Å². The molecule has 0 N–H and O–H groups in total. The molecule has 1 fully saturated rings. The van der Waals surface area contributed by atoms with Gasteiger partial charge in [-0.1, -0.05) is 95.0 Å². The van der Waals surface area contributed by atoms with Gasteiger partial charge in [-0.05, 0) is 37.7 Å². The van der Waals surface area contributed by atoms with Gasteiger partial charge in [-0.25, -0.2) is 0 Å². The first-order valence-electron chi connectivity index (χ1n) is 14.1. The zero-order valence-corrected chi connectivity index (χ0v) is 21.2. The van der Waals surface area contributed by atoms with Gasteiger partial charge in [-0.3, -0.25) is 0 Å². The van der Waals surface area contributed by atoms with E-state index in [0.29, 0.717) is 18.6 Å². The van der Waals surface area contributed by atoms with E-state index in [-0.39, 0.29) is 0 Å². The summed E-state index contributed by atoms with van der Waals surface area (Å²) < 4.78 is 13.4. The van der Waals surface area contributed by atoms with Crippen molar-refractivity contribution in [3.8, 4) is 11.3 Å². The summed E-state index contributed by atoms with van der Waals surface area (Å²) in [5.41, 5.74) is 3.92. The predicted octanol–water partition coefficient (Wildman–Crippen LogP) is 9.16. The van der Waals surface area contributed by atoms with E-state index in [9.17, 15) is 0 Å². The maximum Gasteiger partial charge on any atom is 0.134 e. The van der Waals surface area contributed by atoms with Gasteiger partial charge in [0, 0.05) is 24.1 Å². The van der Waals surface area contributed by atoms with Crippen molar-refractivity contribution in [1.82, 2.24) is 4.90 Å². The Labute approximate surface area is 206 Å². The summed E-state index contributed by atoms with van der Waals surface area (Å²) in [5.74, 6) is 4.14. The predicted molar refractivity (Wildman–Crippen MR) is 139 cm³/mol. The molecule has 0 radical (unpaired) electrons. The van der Waals surface area contributed by atoms with Gasteiger partial charge in [0.2, 0.25) is 0 Å². The lowest BCUT2D eigenvalue weighted by Crippen LogP contribution is -2.33. The summed E-state index contributed by atoms with van der Waals surface area (Å²) in [5, 5.41) is 0. The van der Waals surface area contributed by atoms with Crippen LogP contribution in [0.2, 0.25) is 0 Å². The van der Waals surface area contributed by atoms with Crippen LogP contribution in [0.3, 0.4) is 0 Å². The molecular weight excluding hydrogens is 418 g/mol. The number of allylic oxidation sites excluding steroid dienone is 2. The fourth-order valence-electron chi connectivity index (χ4n) is 6.24. The highest BCUT2D eigenvalue weighted by Gasteiger charge is 2.33. The molecule has 3 heterocycles. The molecule has 2 unspecified atom stereocenters. The van der Waals surface area contributed by atoms with E-state index in [1.807, 2.05) is 0 Å². The molecule has 0 spiro atoms. The van der Waals surface area contributed by atoms with Crippen molar-refractivity contribution in [3.05, 3.63) is 59.2 Å². The van der Waals surface area contributed by atoms with E-state index in [2.05, 4.69) is 48.2 Å². The summed E-state index contributed by atoms with van der Waals surface area (Å²) in [7, 11) is 0. The van der Waals surface area contributed by atoms with Gasteiger partial charge in [-0.15, -0.1) is 0 Å². The minimum absolute atomic E-state index is 0.326. The van der Waals surface area contributed by atoms with Gasteiger partial charge in [0.25, 0.3) is 0 Å². The third-order valence-corrected chi connectivity index (χ3v) is 8.17. The quantitative estimate of drug-likeness (QED) is 0.423. The fraction of sp³-hybridized carbons (Fsp3) is 0.613. The summed E-state index contributed by atoms with van der Waals surface area (Å²) in [6, 6.07) is 13.2. The van der Waals surface area contributed by atoms with Gasteiger partial charge in [0.05, 0.1) is 11.7 Å². The van der Waals surface area contributed by atoms with E-state index >= 15 is 0 Å². The van der Waals surface area contributed by atoms with E-state index in [1.165, 1.54) is 94.1 Å². The molecule has 2 atom stereocenters. The standard InChI is InChI=1S/C31H43NO2/c1-24-15-9-7-13-19-29-28(21-24)32-20-14-6-4-2-3-5-12-18-27(32)31-26(23-33-29)22-30(34-31)25-16-10-8-11-17-25/h8,10-11,16-17,22,24,27H,2-7,9,12-15,18-21,23H2,1H3/b29-28-. The first kappa shape index (κ1) is 23.6. The fourth-order valence-corrected chi connectivity index (χ4v) is 6.24. The lowest BCUT2D eigenvalue weighted by atomic mass is 9.95. The van der Waals surface area contributed by atoms with Crippen LogP contribution >= 0.6 is 0 Å². The molecule has 0 amide bonds. The number of benzene rings is 1. The van der Waals surface area contributed by atoms with Crippen molar-refractivity contribution in [1.29, 1.82) is 0 Å². The highest BCUT2D eigenvalue weighted by atomic mass is 16.5. The molecule has 3 heteroatoms. The first-order chi connectivity index (χ1) is 16.8. The Kier molecular flexibility index (Phi) is 7.98. The second-order valence-electron chi connectivity index (χ2n) is 10.9. The number of ether oxygens (including phenoxy) is 1. The molecule has 2 aromatic rings. The number of nitrogens with zero attached hydrogens (tertiary/aromatic N) is 1. The van der Waals surface area contributed by atoms with Crippen LogP contribution in [0.4, 0.5) is 0 Å². The van der Waals surface area contributed by atoms with Crippen LogP contribution < -0.4 is 0 Å². The number of hydrogen-bond acceptors (Lipinski definition) is 3. The van der Waals surface area contributed by atoms with E-state index in [0.717, 1.165) is 36.5 Å². The Morgan fingerprint density at radius 1 is 0.824 bits per heavy atom. The van der Waals surface area contributed by atoms with Crippen molar-refractivity contribution < 1.29 is 9.15 Å². The molecule has 1 aromatic heterocycles. The number of furan rings is 1. The SMILES string of the molecule is CC1CCCCC/C2=C(\C1)N1CCCCCCCCCC1c1oc(-c3ccccc3)cc1CO2. The lowest BCUT2D eigenvalue weighted by molar-refractivity contribution is 0.124. The minimum Gasteiger partial charge on any atom is -0.491 e. The largest absolute Gasteiger partial charge is 0.491 e. The second-order valence-corrected chi connectivity index (χ2v) is 10.9. The maximum absolute atomic E-state index is 6.74. The highest BCUT2D eigenvalue weighted by Crippen LogP contribution is 2.42. The molecule has 0 saturated carbocycles. The number of rotatable bonds is 1. The Hall–Kier alpha value is -2.16. The first-order valence-corrected chi connectivity index (χ1v) is 14.1. The molecule has 184 valence electrons. The van der Waals surface area contributed by atoms with E-state index in [4.69, 9.17) is 9.15 Å². The van der Waals surface area contributed by atoms with Gasteiger partial charge in [0.1, 0.15) is 23.9 Å². The molecule has 1 aromatic carbocycles. The molecule has 1 aliphatic carbocycles. The van der Waals surface area contributed by atoms with Crippen LogP contribution in [0.15, 0.2) is 52.3 Å². The molecule has 3 aliphatic rings. The summed E-state index contributed by atoms with van der Waals surface area (Å²) in [6.07, 6.45) is 18.0. The van der Waals surface area contributed by atoms with Crippen LogP contribution in [0, 0.1) is 5.92 Å². The van der Waals surface area contributed by atoms with Gasteiger partial charge in [0.15, 0.2) is 0 Å². The maximum atomic E-state index is 6.74. The van der Waals surface area contributed by atoms with Crippen LogP contribution in [0.25, 0.3) is 11.3 Å². The van der Waals surface area contributed by atoms with Crippen LogP contribution in [-0.2, 0) is 11.3 Å². The lowest BCUT2D eigenvalue weighted by Gasteiger charge is -2.38. The number of hydrogen-bond donors (Lipinski definition) is 0. The van der Waals surface area contributed by atoms with E-state index in [1.54, 1.807) is 0 Å². The monoisotopic (exact) mass is 461 g/mol. The molecule has 3 nitrogen and oxygen atoms in total. The van der Waals surface area contributed by atoms with Crippen LogP contribution in [-0.4, -0.2) is 11.4 Å². The van der Waals surface area contributed by atoms with Crippen LogP contribution in [0.1, 0.15) is 114 Å². The normalized spacial score (nSPS) is 27.3. The Morgan fingerprint density at radius 3 is 2.41 bits per heavy atom. The Bertz CT molecular complexity index is 944. The van der Waals surface area contributed by atoms with Crippen molar-refractivity contribution >= 4 is 0 Å². The molecular formula is C31H43NO2. The number of fused-ring (bicyclic) bond motifs is 4. The van der Waals surface area contributed by atoms with Crippen molar-refractivity contribution in [2.45, 2.75) is 109 Å². The molecule has 5 rings (SSSR count). The average molecular weight is 462 g/mol. The van der Waals surface area contributed by atoms with Crippen LogP contribution in [0.5, 0.6) is 0 Å². The second kappa shape index (κ2) is 11.5.